The first-order chi connectivity index (χ1) is 18.9. The Hall–Kier alpha value is -2.62. The maximum atomic E-state index is 15.0. The molecule has 0 unspecified atom stereocenters. The maximum absolute atomic E-state index is 15.0. The molecule has 1 aromatic carbocycles. The van der Waals surface area contributed by atoms with Gasteiger partial charge in [-0.25, -0.2) is 38.0 Å². The van der Waals surface area contributed by atoms with E-state index in [0.29, 0.717) is 41.2 Å². The van der Waals surface area contributed by atoms with Gasteiger partial charge in [-0.3, -0.25) is 4.90 Å². The minimum absolute atomic E-state index is 0.0299. The van der Waals surface area contributed by atoms with Crippen LogP contribution in [0.25, 0.3) is 22.3 Å². The molecule has 0 saturated carbocycles. The lowest BCUT2D eigenvalue weighted by atomic mass is 10.1. The van der Waals surface area contributed by atoms with Crippen LogP contribution < -0.4 is 5.32 Å². The Morgan fingerprint density at radius 1 is 1.18 bits per heavy atom. The van der Waals surface area contributed by atoms with Gasteiger partial charge in [0, 0.05) is 49.9 Å². The standard InChI is InChI=1S/C25H28F2IN8O3P/c1-14(2)36-20-11-16(10-17(26)23(20)32-24(36)28)22-18(27)12-29-25(33-22)31-21-5-4-15-13-35(7-6-19(15)30-21)9-8-34(3)40(37,38)39/h4-5,10-12,14H,6-9,13H2,1-3H3,(H2,37,38,39)(H,29,30,31,33). The van der Waals surface area contributed by atoms with Gasteiger partial charge in [0.15, 0.2) is 15.5 Å². The number of nitrogens with zero attached hydrogens (tertiary/aromatic N) is 7. The summed E-state index contributed by atoms with van der Waals surface area (Å²) in [6.45, 7) is 5.98. The Morgan fingerprint density at radius 2 is 1.95 bits per heavy atom. The molecule has 0 bridgehead atoms. The molecule has 15 heteroatoms. The highest BCUT2D eigenvalue weighted by molar-refractivity contribution is 14.1. The first-order valence-corrected chi connectivity index (χ1v) is 15.2. The zero-order valence-corrected chi connectivity index (χ0v) is 25.1. The number of benzene rings is 1. The Balaban J connectivity index is 1.35. The van der Waals surface area contributed by atoms with E-state index in [0.717, 1.165) is 22.1 Å². The molecule has 40 heavy (non-hydrogen) atoms. The van der Waals surface area contributed by atoms with E-state index in [2.05, 4.69) is 52.7 Å². The summed E-state index contributed by atoms with van der Waals surface area (Å²) in [7, 11) is -2.85. The summed E-state index contributed by atoms with van der Waals surface area (Å²) in [5.41, 5.74) is 2.90. The SMILES string of the molecule is CC(C)n1c(I)nc2c(F)cc(-c3nc(Nc4ccc5c(n4)CCN(CCN(C)P(=O)(O)O)C5)ncc3F)cc21. The van der Waals surface area contributed by atoms with Gasteiger partial charge in [0.1, 0.15) is 17.0 Å². The van der Waals surface area contributed by atoms with Crippen molar-refractivity contribution in [3.8, 4) is 11.3 Å². The van der Waals surface area contributed by atoms with E-state index >= 15 is 0 Å². The molecule has 0 fully saturated rings. The summed E-state index contributed by atoms with van der Waals surface area (Å²) >= 11 is 2.06. The summed E-state index contributed by atoms with van der Waals surface area (Å²) in [6, 6.07) is 6.63. The largest absolute Gasteiger partial charge is 0.402 e. The zero-order valence-electron chi connectivity index (χ0n) is 22.0. The molecule has 0 amide bonds. The van der Waals surface area contributed by atoms with Crippen LogP contribution in [-0.4, -0.2) is 70.5 Å². The van der Waals surface area contributed by atoms with Gasteiger partial charge in [-0.2, -0.15) is 0 Å². The molecule has 3 N–H and O–H groups in total. The molecule has 0 atom stereocenters. The lowest BCUT2D eigenvalue weighted by Gasteiger charge is -2.30. The number of nitrogens with one attached hydrogen (secondary N) is 1. The van der Waals surface area contributed by atoms with Crippen molar-refractivity contribution in [2.45, 2.75) is 32.9 Å². The number of pyridine rings is 1. The summed E-state index contributed by atoms with van der Waals surface area (Å²) in [5.74, 6) is -0.636. The van der Waals surface area contributed by atoms with Gasteiger partial charge >= 0.3 is 7.75 Å². The number of hydrogen-bond acceptors (Lipinski definition) is 7. The number of hydrogen-bond donors (Lipinski definition) is 3. The van der Waals surface area contributed by atoms with Crippen molar-refractivity contribution in [1.82, 2.24) is 34.1 Å². The fraction of sp³-hybridized carbons (Fsp3) is 0.360. The van der Waals surface area contributed by atoms with Crippen LogP contribution in [0.2, 0.25) is 0 Å². The fourth-order valence-corrected chi connectivity index (χ4v) is 6.06. The smallest absolute Gasteiger partial charge is 0.317 e. The topological polar surface area (TPSA) is 133 Å². The minimum atomic E-state index is -4.25. The molecule has 212 valence electrons. The van der Waals surface area contributed by atoms with E-state index in [1.807, 2.05) is 24.5 Å². The van der Waals surface area contributed by atoms with E-state index in [4.69, 9.17) is 0 Å². The van der Waals surface area contributed by atoms with Crippen molar-refractivity contribution < 1.29 is 23.1 Å². The lowest BCUT2D eigenvalue weighted by Crippen LogP contribution is -2.36. The second-order valence-corrected chi connectivity index (χ2v) is 12.6. The number of halogens is 3. The predicted molar refractivity (Wildman–Crippen MR) is 155 cm³/mol. The molecule has 0 spiro atoms. The van der Waals surface area contributed by atoms with Crippen LogP contribution >= 0.6 is 30.3 Å². The van der Waals surface area contributed by atoms with Crippen molar-refractivity contribution in [2.24, 2.45) is 0 Å². The molecule has 3 aromatic heterocycles. The average molecular weight is 684 g/mol. The third kappa shape index (κ3) is 6.02. The Kier molecular flexibility index (Phi) is 8.19. The van der Waals surface area contributed by atoms with Crippen LogP contribution in [0.15, 0.2) is 30.5 Å². The van der Waals surface area contributed by atoms with Crippen molar-refractivity contribution in [3.05, 3.63) is 57.2 Å². The quantitative estimate of drug-likeness (QED) is 0.180. The Bertz CT molecular complexity index is 1630. The lowest BCUT2D eigenvalue weighted by molar-refractivity contribution is 0.220. The second-order valence-electron chi connectivity index (χ2n) is 9.91. The monoisotopic (exact) mass is 684 g/mol. The molecule has 5 rings (SSSR count). The molecule has 4 aromatic rings. The summed E-state index contributed by atoms with van der Waals surface area (Å²) in [5, 5.41) is 3.03. The van der Waals surface area contributed by atoms with E-state index < -0.39 is 19.4 Å². The van der Waals surface area contributed by atoms with Crippen molar-refractivity contribution >= 4 is 53.1 Å². The van der Waals surface area contributed by atoms with E-state index in [9.17, 15) is 23.1 Å². The molecule has 0 aliphatic carbocycles. The normalized spacial score (nSPS) is 14.3. The molecule has 0 radical (unpaired) electrons. The molecule has 1 aliphatic heterocycles. The number of imidazole rings is 1. The molecule has 4 heterocycles. The number of rotatable bonds is 8. The highest BCUT2D eigenvalue weighted by atomic mass is 127. The van der Waals surface area contributed by atoms with Gasteiger partial charge in [0.25, 0.3) is 0 Å². The number of fused-ring (bicyclic) bond motifs is 2. The van der Waals surface area contributed by atoms with Gasteiger partial charge in [-0.1, -0.05) is 6.07 Å². The first kappa shape index (κ1) is 28.9. The van der Waals surface area contributed by atoms with Gasteiger partial charge in [0.05, 0.1) is 11.7 Å². The number of likely N-dealkylation sites (N-methyl/N-ethyl adjacent to an activating group) is 1. The highest BCUT2D eigenvalue weighted by Gasteiger charge is 2.24. The summed E-state index contributed by atoms with van der Waals surface area (Å²) in [6.07, 6.45) is 1.70. The Labute approximate surface area is 243 Å². The van der Waals surface area contributed by atoms with Crippen molar-refractivity contribution in [2.75, 3.05) is 32.0 Å². The average Bonchev–Trinajstić information content (AvgIpc) is 3.24. The van der Waals surface area contributed by atoms with Gasteiger partial charge < -0.3 is 19.7 Å². The maximum Gasteiger partial charge on any atom is 0.402 e. The summed E-state index contributed by atoms with van der Waals surface area (Å²) < 4.78 is 44.8. The van der Waals surface area contributed by atoms with Crippen LogP contribution in [0.5, 0.6) is 0 Å². The van der Waals surface area contributed by atoms with Crippen molar-refractivity contribution in [3.63, 3.8) is 0 Å². The number of anilines is 2. The molecule has 1 aliphatic rings. The van der Waals surface area contributed by atoms with Crippen LogP contribution in [0.1, 0.15) is 31.1 Å². The fourth-order valence-electron chi connectivity index (χ4n) is 4.65. The molecule has 0 saturated heterocycles. The van der Waals surface area contributed by atoms with E-state index in [-0.39, 0.29) is 35.3 Å². The minimum Gasteiger partial charge on any atom is -0.317 e. The predicted octanol–water partition coefficient (Wildman–Crippen LogP) is 4.48. The second kappa shape index (κ2) is 11.3. The molecular weight excluding hydrogens is 656 g/mol. The first-order valence-electron chi connectivity index (χ1n) is 12.6. The van der Waals surface area contributed by atoms with Crippen LogP contribution in [0, 0.1) is 15.5 Å². The van der Waals surface area contributed by atoms with E-state index in [1.54, 1.807) is 12.1 Å². The van der Waals surface area contributed by atoms with Crippen LogP contribution in [0.4, 0.5) is 20.5 Å². The van der Waals surface area contributed by atoms with Crippen molar-refractivity contribution in [1.29, 1.82) is 0 Å². The molecule has 11 nitrogen and oxygen atoms in total. The Morgan fingerprint density at radius 3 is 2.67 bits per heavy atom. The highest BCUT2D eigenvalue weighted by Crippen LogP contribution is 2.38. The third-order valence-corrected chi connectivity index (χ3v) is 8.64. The zero-order chi connectivity index (χ0) is 28.8. The summed E-state index contributed by atoms with van der Waals surface area (Å²) in [4.78, 5) is 38.0. The van der Waals surface area contributed by atoms with Gasteiger partial charge in [-0.15, -0.1) is 0 Å². The molecular formula is C25H28F2IN8O3P. The van der Waals surface area contributed by atoms with Crippen LogP contribution in [-0.2, 0) is 17.5 Å². The van der Waals surface area contributed by atoms with Gasteiger partial charge in [0.2, 0.25) is 5.95 Å². The van der Waals surface area contributed by atoms with E-state index in [1.165, 1.54) is 13.1 Å². The number of aromatic nitrogens is 5. The van der Waals surface area contributed by atoms with Gasteiger partial charge in [-0.05, 0) is 67.2 Å². The van der Waals surface area contributed by atoms with Crippen LogP contribution in [0.3, 0.4) is 0 Å². The third-order valence-electron chi connectivity index (χ3n) is 6.79.